The lowest BCUT2D eigenvalue weighted by Crippen LogP contribution is -2.14. The van der Waals surface area contributed by atoms with E-state index < -0.39 is 0 Å². The standard InChI is InChI=1S/C15H22O/c1-6-12(2)11-16-14-10-8-7-9-13(14)15(3,4)5/h7-10H,2,6,11H2,1,3-5H3. The third-order valence-corrected chi connectivity index (χ3v) is 2.63. The summed E-state index contributed by atoms with van der Waals surface area (Å²) in [6, 6.07) is 8.23. The van der Waals surface area contributed by atoms with E-state index in [4.69, 9.17) is 4.74 Å². The Balaban J connectivity index is 2.84. The minimum absolute atomic E-state index is 0.115. The summed E-state index contributed by atoms with van der Waals surface area (Å²) in [5.74, 6) is 0.976. The van der Waals surface area contributed by atoms with E-state index in [0.29, 0.717) is 6.61 Å². The summed E-state index contributed by atoms with van der Waals surface area (Å²) in [7, 11) is 0. The topological polar surface area (TPSA) is 9.23 Å². The molecule has 0 atom stereocenters. The van der Waals surface area contributed by atoms with Gasteiger partial charge in [0.25, 0.3) is 0 Å². The van der Waals surface area contributed by atoms with E-state index in [1.54, 1.807) is 0 Å². The zero-order chi connectivity index (χ0) is 12.2. The van der Waals surface area contributed by atoms with Gasteiger partial charge < -0.3 is 4.74 Å². The molecule has 0 saturated heterocycles. The van der Waals surface area contributed by atoms with Crippen LogP contribution in [0.1, 0.15) is 39.7 Å². The highest BCUT2D eigenvalue weighted by molar-refractivity contribution is 5.38. The largest absolute Gasteiger partial charge is 0.489 e. The first-order valence-electron chi connectivity index (χ1n) is 5.84. The number of hydrogen-bond acceptors (Lipinski definition) is 1. The first-order valence-corrected chi connectivity index (χ1v) is 5.84. The number of benzene rings is 1. The lowest BCUT2D eigenvalue weighted by atomic mass is 9.86. The molecule has 0 aliphatic carbocycles. The minimum Gasteiger partial charge on any atom is -0.489 e. The van der Waals surface area contributed by atoms with Crippen LogP contribution in [0.5, 0.6) is 5.75 Å². The molecule has 0 spiro atoms. The van der Waals surface area contributed by atoms with Gasteiger partial charge in [0, 0.05) is 0 Å². The van der Waals surface area contributed by atoms with E-state index in [0.717, 1.165) is 17.7 Å². The zero-order valence-corrected chi connectivity index (χ0v) is 10.8. The summed E-state index contributed by atoms with van der Waals surface area (Å²) >= 11 is 0. The van der Waals surface area contributed by atoms with Gasteiger partial charge >= 0.3 is 0 Å². The normalized spacial score (nSPS) is 11.2. The van der Waals surface area contributed by atoms with E-state index in [1.165, 1.54) is 5.56 Å². The molecule has 16 heavy (non-hydrogen) atoms. The average Bonchev–Trinajstić information content (AvgIpc) is 2.25. The highest BCUT2D eigenvalue weighted by Crippen LogP contribution is 2.31. The van der Waals surface area contributed by atoms with Crippen molar-refractivity contribution < 1.29 is 4.74 Å². The van der Waals surface area contributed by atoms with Crippen LogP contribution in [0.3, 0.4) is 0 Å². The quantitative estimate of drug-likeness (QED) is 0.683. The molecule has 0 aromatic heterocycles. The number of hydrogen-bond donors (Lipinski definition) is 0. The summed E-state index contributed by atoms with van der Waals surface area (Å²) in [6.45, 7) is 13.3. The third kappa shape index (κ3) is 3.41. The summed E-state index contributed by atoms with van der Waals surface area (Å²) in [4.78, 5) is 0. The van der Waals surface area contributed by atoms with Gasteiger partial charge in [-0.25, -0.2) is 0 Å². The van der Waals surface area contributed by atoms with Gasteiger partial charge in [-0.05, 0) is 29.0 Å². The van der Waals surface area contributed by atoms with E-state index >= 15 is 0 Å². The highest BCUT2D eigenvalue weighted by atomic mass is 16.5. The van der Waals surface area contributed by atoms with E-state index in [9.17, 15) is 0 Å². The van der Waals surface area contributed by atoms with Crippen molar-refractivity contribution in [1.29, 1.82) is 0 Å². The third-order valence-electron chi connectivity index (χ3n) is 2.63. The van der Waals surface area contributed by atoms with Crippen LogP contribution in [0.2, 0.25) is 0 Å². The molecular weight excluding hydrogens is 196 g/mol. The van der Waals surface area contributed by atoms with E-state index in [1.807, 2.05) is 12.1 Å². The van der Waals surface area contributed by atoms with Crippen LogP contribution < -0.4 is 4.74 Å². The van der Waals surface area contributed by atoms with Gasteiger partial charge in [-0.1, -0.05) is 52.5 Å². The molecule has 88 valence electrons. The lowest BCUT2D eigenvalue weighted by molar-refractivity contribution is 0.338. The predicted molar refractivity (Wildman–Crippen MR) is 70.1 cm³/mol. The second-order valence-electron chi connectivity index (χ2n) is 5.14. The Morgan fingerprint density at radius 1 is 1.25 bits per heavy atom. The fraction of sp³-hybridized carbons (Fsp3) is 0.467. The smallest absolute Gasteiger partial charge is 0.123 e. The first-order chi connectivity index (χ1) is 7.45. The van der Waals surface area contributed by atoms with Crippen LogP contribution in [0.15, 0.2) is 36.4 Å². The summed E-state index contributed by atoms with van der Waals surface area (Å²) in [5, 5.41) is 0. The van der Waals surface area contributed by atoms with Crippen LogP contribution in [0.25, 0.3) is 0 Å². The van der Waals surface area contributed by atoms with Gasteiger partial charge in [-0.2, -0.15) is 0 Å². The maximum Gasteiger partial charge on any atom is 0.123 e. The summed E-state index contributed by atoms with van der Waals surface area (Å²) in [5.41, 5.74) is 2.49. The van der Waals surface area contributed by atoms with Crippen molar-refractivity contribution >= 4 is 0 Å². The maximum atomic E-state index is 5.82. The fourth-order valence-corrected chi connectivity index (χ4v) is 1.49. The Hall–Kier alpha value is -1.24. The van der Waals surface area contributed by atoms with Crippen LogP contribution in [-0.2, 0) is 5.41 Å². The molecule has 0 aliphatic rings. The molecule has 0 unspecified atom stereocenters. The van der Waals surface area contributed by atoms with Crippen molar-refractivity contribution in [2.45, 2.75) is 39.5 Å². The molecule has 1 nitrogen and oxygen atoms in total. The molecule has 1 heteroatoms. The van der Waals surface area contributed by atoms with Gasteiger partial charge in [-0.15, -0.1) is 0 Å². The molecule has 0 radical (unpaired) electrons. The molecule has 0 aliphatic heterocycles. The molecule has 1 aromatic carbocycles. The number of para-hydroxylation sites is 1. The number of ether oxygens (including phenoxy) is 1. The average molecular weight is 218 g/mol. The van der Waals surface area contributed by atoms with E-state index in [2.05, 4.69) is 46.4 Å². The molecule has 0 N–H and O–H groups in total. The van der Waals surface area contributed by atoms with Gasteiger partial charge in [-0.3, -0.25) is 0 Å². The van der Waals surface area contributed by atoms with Crippen molar-refractivity contribution in [1.82, 2.24) is 0 Å². The SMILES string of the molecule is C=C(CC)COc1ccccc1C(C)(C)C. The van der Waals surface area contributed by atoms with Crippen molar-refractivity contribution in [3.63, 3.8) is 0 Å². The van der Waals surface area contributed by atoms with Crippen LogP contribution in [-0.4, -0.2) is 6.61 Å². The Labute approximate surface area is 99.1 Å². The Morgan fingerprint density at radius 3 is 2.44 bits per heavy atom. The first kappa shape index (κ1) is 12.8. The molecule has 0 bridgehead atoms. The Kier molecular flexibility index (Phi) is 4.17. The second-order valence-corrected chi connectivity index (χ2v) is 5.14. The molecule has 1 aromatic rings. The van der Waals surface area contributed by atoms with Crippen molar-refractivity contribution in [2.75, 3.05) is 6.61 Å². The molecule has 0 heterocycles. The van der Waals surface area contributed by atoms with Gasteiger partial charge in [0.05, 0.1) is 0 Å². The van der Waals surface area contributed by atoms with Gasteiger partial charge in [0.15, 0.2) is 0 Å². The number of rotatable bonds is 4. The predicted octanol–water partition coefficient (Wildman–Crippen LogP) is 4.33. The van der Waals surface area contributed by atoms with Crippen molar-refractivity contribution in [3.8, 4) is 5.75 Å². The maximum absolute atomic E-state index is 5.82. The zero-order valence-electron chi connectivity index (χ0n) is 10.8. The molecule has 0 fully saturated rings. The van der Waals surface area contributed by atoms with Crippen molar-refractivity contribution in [3.05, 3.63) is 42.0 Å². The second kappa shape index (κ2) is 5.20. The van der Waals surface area contributed by atoms with Gasteiger partial charge in [0.1, 0.15) is 12.4 Å². The van der Waals surface area contributed by atoms with Crippen LogP contribution >= 0.6 is 0 Å². The molecule has 1 rings (SSSR count). The summed E-state index contributed by atoms with van der Waals surface area (Å²) < 4.78 is 5.82. The Bertz CT molecular complexity index is 358. The molecule has 0 amide bonds. The minimum atomic E-state index is 0.115. The van der Waals surface area contributed by atoms with Crippen LogP contribution in [0.4, 0.5) is 0 Å². The summed E-state index contributed by atoms with van der Waals surface area (Å²) in [6.07, 6.45) is 0.970. The van der Waals surface area contributed by atoms with E-state index in [-0.39, 0.29) is 5.41 Å². The monoisotopic (exact) mass is 218 g/mol. The Morgan fingerprint density at radius 2 is 1.88 bits per heavy atom. The fourth-order valence-electron chi connectivity index (χ4n) is 1.49. The highest BCUT2D eigenvalue weighted by Gasteiger charge is 2.18. The van der Waals surface area contributed by atoms with Crippen LogP contribution in [0, 0.1) is 0 Å². The van der Waals surface area contributed by atoms with Gasteiger partial charge in [0.2, 0.25) is 0 Å². The lowest BCUT2D eigenvalue weighted by Gasteiger charge is -2.22. The molecular formula is C15H22O. The van der Waals surface area contributed by atoms with Crippen molar-refractivity contribution in [2.24, 2.45) is 0 Å². The molecule has 0 saturated carbocycles.